The van der Waals surface area contributed by atoms with Gasteiger partial charge in [-0.3, -0.25) is 0 Å². The van der Waals surface area contributed by atoms with Crippen LogP contribution in [0.2, 0.25) is 0 Å². The smallest absolute Gasteiger partial charge is 0.330 e. The number of fused-ring (bicyclic) bond motifs is 5. The molecule has 186 valence electrons. The highest BCUT2D eigenvalue weighted by molar-refractivity contribution is 5.81. The molecule has 2 heteroatoms. The van der Waals surface area contributed by atoms with Crippen LogP contribution in [0.1, 0.15) is 112 Å². The highest BCUT2D eigenvalue weighted by atomic mass is 16.5. The van der Waals surface area contributed by atoms with E-state index >= 15 is 0 Å². The summed E-state index contributed by atoms with van der Waals surface area (Å²) in [5, 5.41) is 0. The molecule has 0 amide bonds. The molecule has 33 heavy (non-hydrogen) atoms. The molecule has 0 aromatic carbocycles. The lowest BCUT2D eigenvalue weighted by atomic mass is 9.47. The van der Waals surface area contributed by atoms with Crippen LogP contribution in [0.15, 0.2) is 23.8 Å². The summed E-state index contributed by atoms with van der Waals surface area (Å²) < 4.78 is 5.77. The van der Waals surface area contributed by atoms with E-state index in [0.717, 1.165) is 48.3 Å². The lowest BCUT2D eigenvalue weighted by Gasteiger charge is -2.58. The van der Waals surface area contributed by atoms with E-state index in [1.807, 2.05) is 6.92 Å². The first kappa shape index (κ1) is 25.1. The van der Waals surface area contributed by atoms with Crippen molar-refractivity contribution in [2.75, 3.05) is 0 Å². The highest BCUT2D eigenvalue weighted by Crippen LogP contribution is 2.67. The molecule has 0 N–H and O–H groups in total. The van der Waals surface area contributed by atoms with Crippen LogP contribution in [-0.4, -0.2) is 12.1 Å². The van der Waals surface area contributed by atoms with E-state index in [1.54, 1.807) is 17.7 Å². The van der Waals surface area contributed by atoms with E-state index in [9.17, 15) is 4.79 Å². The van der Waals surface area contributed by atoms with Crippen molar-refractivity contribution < 1.29 is 9.53 Å². The Labute approximate surface area is 204 Å². The lowest BCUT2D eigenvalue weighted by molar-refractivity contribution is -0.145. The predicted molar refractivity (Wildman–Crippen MR) is 138 cm³/mol. The molecule has 3 saturated carbocycles. The fraction of sp³-hybridized carbons (Fsp3) is 0.839. The summed E-state index contributed by atoms with van der Waals surface area (Å²) in [5.41, 5.74) is 2.49. The molecule has 0 unspecified atom stereocenters. The minimum atomic E-state index is -0.173. The van der Waals surface area contributed by atoms with Crippen molar-refractivity contribution in [3.8, 4) is 0 Å². The Morgan fingerprint density at radius 3 is 2.61 bits per heavy atom. The number of esters is 1. The van der Waals surface area contributed by atoms with Gasteiger partial charge in [0.2, 0.25) is 0 Å². The van der Waals surface area contributed by atoms with Gasteiger partial charge >= 0.3 is 5.97 Å². The van der Waals surface area contributed by atoms with Crippen LogP contribution in [0.4, 0.5) is 0 Å². The number of carbonyl (C=O) groups excluding carboxylic acids is 1. The largest absolute Gasteiger partial charge is 0.459 e. The predicted octanol–water partition coefficient (Wildman–Crippen LogP) is 8.52. The van der Waals surface area contributed by atoms with E-state index < -0.39 is 0 Å². The van der Waals surface area contributed by atoms with Crippen LogP contribution in [0.5, 0.6) is 0 Å². The molecule has 0 spiro atoms. The maximum absolute atomic E-state index is 12.0. The van der Waals surface area contributed by atoms with Gasteiger partial charge in [0.25, 0.3) is 0 Å². The summed E-state index contributed by atoms with van der Waals surface area (Å²) in [6.07, 6.45) is 20.4. The highest BCUT2D eigenvalue weighted by Gasteiger charge is 2.59. The summed E-state index contributed by atoms with van der Waals surface area (Å²) in [5.74, 6) is 5.08. The lowest BCUT2D eigenvalue weighted by Crippen LogP contribution is -2.51. The zero-order chi connectivity index (χ0) is 23.8. The average Bonchev–Trinajstić information content (AvgIpc) is 3.11. The zero-order valence-corrected chi connectivity index (χ0v) is 22.4. The van der Waals surface area contributed by atoms with E-state index in [2.05, 4.69) is 40.7 Å². The van der Waals surface area contributed by atoms with Gasteiger partial charge in [0.15, 0.2) is 0 Å². The van der Waals surface area contributed by atoms with Gasteiger partial charge in [-0.2, -0.15) is 0 Å². The number of hydrogen-bond acceptors (Lipinski definition) is 2. The quantitative estimate of drug-likeness (QED) is 0.219. The van der Waals surface area contributed by atoms with Gasteiger partial charge in [-0.15, -0.1) is 0 Å². The second-order valence-electron chi connectivity index (χ2n) is 13.1. The van der Waals surface area contributed by atoms with Gasteiger partial charge in [-0.05, 0) is 98.2 Å². The van der Waals surface area contributed by atoms with Gasteiger partial charge < -0.3 is 4.74 Å². The summed E-state index contributed by atoms with van der Waals surface area (Å²) >= 11 is 0. The molecule has 4 rings (SSSR count). The maximum Gasteiger partial charge on any atom is 0.330 e. The number of ether oxygens (including phenoxy) is 1. The van der Waals surface area contributed by atoms with Gasteiger partial charge in [0.05, 0.1) is 0 Å². The fourth-order valence-corrected chi connectivity index (χ4v) is 9.09. The van der Waals surface area contributed by atoms with Crippen molar-refractivity contribution in [1.82, 2.24) is 0 Å². The second-order valence-corrected chi connectivity index (χ2v) is 13.1. The Bertz CT molecular complexity index is 763. The van der Waals surface area contributed by atoms with Crippen LogP contribution in [0.25, 0.3) is 0 Å². The van der Waals surface area contributed by atoms with Crippen molar-refractivity contribution in [2.45, 2.75) is 118 Å². The topological polar surface area (TPSA) is 26.3 Å². The average molecular weight is 455 g/mol. The Morgan fingerprint density at radius 1 is 1.09 bits per heavy atom. The van der Waals surface area contributed by atoms with Gasteiger partial charge in [0.1, 0.15) is 6.10 Å². The van der Waals surface area contributed by atoms with Crippen LogP contribution in [-0.2, 0) is 9.53 Å². The van der Waals surface area contributed by atoms with E-state index in [1.165, 1.54) is 57.8 Å². The molecule has 4 aliphatic rings. The molecule has 0 heterocycles. The SMILES string of the molecule is CC=CC(=O)O[C@H]1CC[C@@]2(C)C(=CC[C@H]3[C@@H]4CC[C@H]([C@H](C)CCCC(C)C)[C@@]4(C)CC[C@@H]32)C1. The second kappa shape index (κ2) is 9.90. The third-order valence-corrected chi connectivity index (χ3v) is 10.8. The Kier molecular flexibility index (Phi) is 7.52. The molecular weight excluding hydrogens is 404 g/mol. The standard InChI is InChI=1S/C31H50O2/c1-7-9-29(32)33-24-16-18-30(5)23(20-24)12-13-25-27-15-14-26(22(4)11-8-10-21(2)3)31(27,6)19-17-28(25)30/h7,9,12,21-22,24-28H,8,10-11,13-20H2,1-6H3/t22-,24+,25+,26-,27+,28+,30+,31-/m1/s1. The van der Waals surface area contributed by atoms with Gasteiger partial charge in [0, 0.05) is 12.5 Å². The van der Waals surface area contributed by atoms with E-state index in [0.29, 0.717) is 10.8 Å². The fourth-order valence-electron chi connectivity index (χ4n) is 9.09. The van der Waals surface area contributed by atoms with Crippen molar-refractivity contribution in [2.24, 2.45) is 46.3 Å². The molecule has 4 aliphatic carbocycles. The number of carbonyl (C=O) groups is 1. The molecule has 0 aromatic rings. The molecule has 0 radical (unpaired) electrons. The summed E-state index contributed by atoms with van der Waals surface area (Å²) in [6, 6.07) is 0. The monoisotopic (exact) mass is 454 g/mol. The molecule has 0 bridgehead atoms. The summed E-state index contributed by atoms with van der Waals surface area (Å²) in [6.45, 7) is 14.4. The van der Waals surface area contributed by atoms with Crippen molar-refractivity contribution in [1.29, 1.82) is 0 Å². The van der Waals surface area contributed by atoms with Crippen LogP contribution >= 0.6 is 0 Å². The summed E-state index contributed by atoms with van der Waals surface area (Å²) in [4.78, 5) is 12.0. The molecule has 2 nitrogen and oxygen atoms in total. The minimum Gasteiger partial charge on any atom is -0.459 e. The van der Waals surface area contributed by atoms with Crippen LogP contribution in [0.3, 0.4) is 0 Å². The molecule has 3 fully saturated rings. The Balaban J connectivity index is 1.44. The van der Waals surface area contributed by atoms with Gasteiger partial charge in [-0.1, -0.05) is 71.6 Å². The first-order valence-electron chi connectivity index (χ1n) is 14.2. The van der Waals surface area contributed by atoms with Gasteiger partial charge in [-0.25, -0.2) is 4.79 Å². The maximum atomic E-state index is 12.0. The van der Waals surface area contributed by atoms with Crippen molar-refractivity contribution >= 4 is 5.97 Å². The number of hydrogen-bond donors (Lipinski definition) is 0. The third-order valence-electron chi connectivity index (χ3n) is 10.8. The van der Waals surface area contributed by atoms with E-state index in [4.69, 9.17) is 4.74 Å². The van der Waals surface area contributed by atoms with Crippen molar-refractivity contribution in [3.05, 3.63) is 23.8 Å². The third kappa shape index (κ3) is 4.74. The number of rotatable bonds is 7. The molecule has 0 aromatic heterocycles. The Morgan fingerprint density at radius 2 is 1.88 bits per heavy atom. The van der Waals surface area contributed by atoms with E-state index in [-0.39, 0.29) is 12.1 Å². The molecule has 0 aliphatic heterocycles. The first-order chi connectivity index (χ1) is 15.7. The van der Waals surface area contributed by atoms with Crippen LogP contribution in [0, 0.1) is 46.3 Å². The minimum absolute atomic E-state index is 0.0704. The first-order valence-corrected chi connectivity index (χ1v) is 14.2. The Hall–Kier alpha value is -1.05. The van der Waals surface area contributed by atoms with Crippen molar-refractivity contribution in [3.63, 3.8) is 0 Å². The zero-order valence-electron chi connectivity index (χ0n) is 22.4. The molecule has 8 atom stereocenters. The summed E-state index contributed by atoms with van der Waals surface area (Å²) in [7, 11) is 0. The normalized spacial score (nSPS) is 41.3. The molecule has 0 saturated heterocycles. The number of allylic oxidation sites excluding steroid dienone is 2. The molecular formula is C31H50O2. The van der Waals surface area contributed by atoms with Crippen LogP contribution < -0.4 is 0 Å².